The number of carbonyl (C=O) groups excluding carboxylic acids is 1. The first kappa shape index (κ1) is 21.1. The molecule has 1 N–H and O–H groups in total. The predicted octanol–water partition coefficient (Wildman–Crippen LogP) is 2.00. The molecule has 2 heterocycles. The molecule has 0 bridgehead atoms. The lowest BCUT2D eigenvalue weighted by molar-refractivity contribution is -0.904. The molecule has 0 saturated carbocycles. The van der Waals surface area contributed by atoms with Crippen molar-refractivity contribution in [3.05, 3.63) is 53.9 Å². The van der Waals surface area contributed by atoms with Gasteiger partial charge in [0.25, 0.3) is 5.91 Å². The Kier molecular flexibility index (Phi) is 7.20. The number of pyridine rings is 1. The molecule has 9 heteroatoms. The monoisotopic (exact) mass is 413 g/mol. The summed E-state index contributed by atoms with van der Waals surface area (Å²) in [4.78, 5) is 17.5. The third kappa shape index (κ3) is 5.47. The van der Waals surface area contributed by atoms with Gasteiger partial charge in [0.1, 0.15) is 0 Å². The van der Waals surface area contributed by atoms with Crippen LogP contribution < -0.4 is 14.2 Å². The Morgan fingerprint density at radius 2 is 2.10 bits per heavy atom. The number of rotatable bonds is 8. The zero-order valence-corrected chi connectivity index (χ0v) is 17.0. The molecule has 158 valence electrons. The first-order chi connectivity index (χ1) is 14.6. The van der Waals surface area contributed by atoms with Crippen molar-refractivity contribution in [2.75, 3.05) is 26.9 Å². The van der Waals surface area contributed by atoms with Crippen molar-refractivity contribution in [1.82, 2.24) is 5.01 Å². The van der Waals surface area contributed by atoms with E-state index in [1.165, 1.54) is 23.6 Å². The summed E-state index contributed by atoms with van der Waals surface area (Å²) in [6, 6.07) is 8.93. The maximum atomic E-state index is 12.4. The smallest absolute Gasteiger partial charge is 0.283 e. The predicted molar refractivity (Wildman–Crippen MR) is 109 cm³/mol. The number of methoxy groups -OCH3 is 1. The van der Waals surface area contributed by atoms with Gasteiger partial charge in [-0.3, -0.25) is 10.0 Å². The summed E-state index contributed by atoms with van der Waals surface area (Å²) in [5.74, 6) is 1.03. The molecule has 9 nitrogen and oxygen atoms in total. The Morgan fingerprint density at radius 1 is 1.30 bits per heavy atom. The lowest BCUT2D eigenvalue weighted by atomic mass is 10.0. The molecule has 2 aromatic rings. The van der Waals surface area contributed by atoms with Gasteiger partial charge in [0, 0.05) is 34.5 Å². The van der Waals surface area contributed by atoms with Crippen molar-refractivity contribution in [3.63, 3.8) is 0 Å². The SMILES string of the molecule is CCOc1cc(C2=NN(C(=O)CON=Cc3cc[n+](O)cc3)CCC2)ccc1OC. The highest BCUT2D eigenvalue weighted by Gasteiger charge is 2.20. The number of carbonyl (C=O) groups is 1. The highest BCUT2D eigenvalue weighted by atomic mass is 16.6. The van der Waals surface area contributed by atoms with Gasteiger partial charge in [-0.15, -0.1) is 0 Å². The second-order valence-corrected chi connectivity index (χ2v) is 6.49. The third-order valence-electron chi connectivity index (χ3n) is 4.41. The Balaban J connectivity index is 1.62. The minimum absolute atomic E-state index is 0.215. The van der Waals surface area contributed by atoms with E-state index in [1.54, 1.807) is 19.2 Å². The van der Waals surface area contributed by atoms with Crippen LogP contribution in [0.5, 0.6) is 11.5 Å². The summed E-state index contributed by atoms with van der Waals surface area (Å²) in [7, 11) is 1.60. The molecular formula is C21H25N4O5+. The average Bonchev–Trinajstić information content (AvgIpc) is 2.78. The molecule has 1 amide bonds. The minimum Gasteiger partial charge on any atom is -0.493 e. The highest BCUT2D eigenvalue weighted by Crippen LogP contribution is 2.29. The molecule has 0 saturated heterocycles. The molecule has 3 rings (SSSR count). The largest absolute Gasteiger partial charge is 0.493 e. The number of hydrogen-bond acceptors (Lipinski definition) is 7. The lowest BCUT2D eigenvalue weighted by Gasteiger charge is -2.23. The van der Waals surface area contributed by atoms with Gasteiger partial charge in [-0.25, -0.2) is 5.01 Å². The van der Waals surface area contributed by atoms with Crippen molar-refractivity contribution in [1.29, 1.82) is 0 Å². The van der Waals surface area contributed by atoms with Crippen LogP contribution >= 0.6 is 0 Å². The molecule has 0 fully saturated rings. The highest BCUT2D eigenvalue weighted by molar-refractivity contribution is 6.02. The molecule has 1 aromatic carbocycles. The lowest BCUT2D eigenvalue weighted by Crippen LogP contribution is -2.34. The summed E-state index contributed by atoms with van der Waals surface area (Å²) >= 11 is 0. The summed E-state index contributed by atoms with van der Waals surface area (Å²) in [5, 5.41) is 18.9. The number of aromatic nitrogens is 1. The maximum absolute atomic E-state index is 12.4. The average molecular weight is 413 g/mol. The molecule has 0 unspecified atom stereocenters. The van der Waals surface area contributed by atoms with Gasteiger partial charge in [-0.1, -0.05) is 5.16 Å². The van der Waals surface area contributed by atoms with Gasteiger partial charge in [-0.2, -0.15) is 5.10 Å². The van der Waals surface area contributed by atoms with Crippen molar-refractivity contribution >= 4 is 17.8 Å². The molecule has 0 aliphatic carbocycles. The fourth-order valence-electron chi connectivity index (χ4n) is 2.93. The van der Waals surface area contributed by atoms with E-state index in [2.05, 4.69) is 10.3 Å². The molecule has 30 heavy (non-hydrogen) atoms. The van der Waals surface area contributed by atoms with Gasteiger partial charge >= 0.3 is 0 Å². The fourth-order valence-corrected chi connectivity index (χ4v) is 2.93. The van der Waals surface area contributed by atoms with Crippen LogP contribution in [0.25, 0.3) is 0 Å². The van der Waals surface area contributed by atoms with E-state index in [-0.39, 0.29) is 12.5 Å². The minimum atomic E-state index is -0.274. The summed E-state index contributed by atoms with van der Waals surface area (Å²) in [5.41, 5.74) is 2.43. The van der Waals surface area contributed by atoms with E-state index in [1.807, 2.05) is 25.1 Å². The first-order valence-corrected chi connectivity index (χ1v) is 9.65. The molecule has 0 radical (unpaired) electrons. The van der Waals surface area contributed by atoms with E-state index in [0.29, 0.717) is 24.7 Å². The molecular weight excluding hydrogens is 388 g/mol. The van der Waals surface area contributed by atoms with E-state index in [0.717, 1.165) is 34.4 Å². The van der Waals surface area contributed by atoms with Crippen LogP contribution in [0, 0.1) is 0 Å². The number of amides is 1. The summed E-state index contributed by atoms with van der Waals surface area (Å²) in [6.45, 7) is 2.75. The van der Waals surface area contributed by atoms with Gasteiger partial charge in [0.15, 0.2) is 18.1 Å². The van der Waals surface area contributed by atoms with Crippen LogP contribution in [0.2, 0.25) is 0 Å². The fraction of sp³-hybridized carbons (Fsp3) is 0.333. The molecule has 1 aromatic heterocycles. The number of hydrazone groups is 1. The van der Waals surface area contributed by atoms with Gasteiger partial charge in [0.05, 0.1) is 25.6 Å². The second kappa shape index (κ2) is 10.2. The quantitative estimate of drug-likeness (QED) is 0.309. The maximum Gasteiger partial charge on any atom is 0.283 e. The van der Waals surface area contributed by atoms with Crippen molar-refractivity contribution in [2.24, 2.45) is 10.3 Å². The molecule has 1 aliphatic heterocycles. The van der Waals surface area contributed by atoms with Crippen LogP contribution in [-0.2, 0) is 9.63 Å². The Morgan fingerprint density at radius 3 is 2.83 bits per heavy atom. The second-order valence-electron chi connectivity index (χ2n) is 6.49. The number of ether oxygens (including phenoxy) is 2. The van der Waals surface area contributed by atoms with Crippen LogP contribution in [0.15, 0.2) is 53.0 Å². The van der Waals surface area contributed by atoms with Gasteiger partial charge in [-0.05, 0) is 38.0 Å². The van der Waals surface area contributed by atoms with Crippen LogP contribution in [-0.4, -0.2) is 54.9 Å². The summed E-state index contributed by atoms with van der Waals surface area (Å²) in [6.07, 6.45) is 5.96. The number of nitrogens with zero attached hydrogens (tertiary/aromatic N) is 4. The van der Waals surface area contributed by atoms with Crippen molar-refractivity contribution < 1.29 is 29.0 Å². The number of hydrogen-bond donors (Lipinski definition) is 1. The summed E-state index contributed by atoms with van der Waals surface area (Å²) < 4.78 is 11.9. The Labute approximate surface area is 174 Å². The molecule has 0 atom stereocenters. The number of benzene rings is 1. The van der Waals surface area contributed by atoms with E-state index < -0.39 is 0 Å². The van der Waals surface area contributed by atoms with Crippen molar-refractivity contribution in [2.45, 2.75) is 19.8 Å². The molecule has 1 aliphatic rings. The van der Waals surface area contributed by atoms with E-state index >= 15 is 0 Å². The normalized spacial score (nSPS) is 13.8. The topological polar surface area (TPSA) is 96.8 Å². The number of oxime groups is 1. The first-order valence-electron chi connectivity index (χ1n) is 9.65. The van der Waals surface area contributed by atoms with Crippen LogP contribution in [0.1, 0.15) is 30.9 Å². The zero-order valence-electron chi connectivity index (χ0n) is 17.0. The Hall–Kier alpha value is -3.62. The standard InChI is InChI=1S/C21H25N4O5/c1-3-29-20-13-17(6-7-19(20)28-2)18-5-4-10-25(23-18)21(26)15-30-22-14-16-8-11-24(27)12-9-16/h6-9,11-14,27H,3-5,10,15H2,1-2H3/q+1. The van der Waals surface area contributed by atoms with Gasteiger partial charge in [0.2, 0.25) is 12.4 Å². The third-order valence-corrected chi connectivity index (χ3v) is 4.41. The van der Waals surface area contributed by atoms with Crippen molar-refractivity contribution in [3.8, 4) is 11.5 Å². The van der Waals surface area contributed by atoms with Gasteiger partial charge < -0.3 is 14.3 Å². The molecule has 0 spiro atoms. The van der Waals surface area contributed by atoms with E-state index in [4.69, 9.17) is 14.3 Å². The van der Waals surface area contributed by atoms with E-state index in [9.17, 15) is 10.0 Å². The van der Waals surface area contributed by atoms with Crippen LogP contribution in [0.4, 0.5) is 0 Å². The van der Waals surface area contributed by atoms with Crippen LogP contribution in [0.3, 0.4) is 0 Å². The Bertz CT molecular complexity index is 927. The zero-order chi connectivity index (χ0) is 21.3.